The molecule has 1 aromatic carbocycles. The number of aromatic nitrogens is 1. The second kappa shape index (κ2) is 5.98. The van der Waals surface area contributed by atoms with Crippen molar-refractivity contribution in [2.24, 2.45) is 0 Å². The normalized spacial score (nSPS) is 9.33. The van der Waals surface area contributed by atoms with E-state index in [1.807, 2.05) is 13.8 Å². The van der Waals surface area contributed by atoms with Gasteiger partial charge in [-0.2, -0.15) is 0 Å². The number of hydrogen-bond acceptors (Lipinski definition) is 2. The van der Waals surface area contributed by atoms with Crippen LogP contribution in [-0.4, -0.2) is 4.98 Å². The summed E-state index contributed by atoms with van der Waals surface area (Å²) in [4.78, 5) is 5.09. The lowest BCUT2D eigenvalue weighted by Crippen LogP contribution is -1.73. The summed E-state index contributed by atoms with van der Waals surface area (Å²) >= 11 is 4.81. The maximum atomic E-state index is 12.6. The lowest BCUT2D eigenvalue weighted by Gasteiger charge is -1.94. The SMILES string of the molecule is CC.Fc1ccc(-c2cnc(Br)s2)cc1. The first kappa shape index (κ1) is 12.3. The molecule has 80 valence electrons. The molecule has 0 fully saturated rings. The molecular weight excluding hydrogens is 277 g/mol. The molecule has 1 nitrogen and oxygen atoms in total. The Balaban J connectivity index is 0.000000531. The third-order valence-electron chi connectivity index (χ3n) is 1.61. The van der Waals surface area contributed by atoms with Gasteiger partial charge in [-0.05, 0) is 33.6 Å². The Morgan fingerprint density at radius 1 is 1.20 bits per heavy atom. The van der Waals surface area contributed by atoms with Crippen LogP contribution in [0.15, 0.2) is 34.4 Å². The first-order valence-electron chi connectivity index (χ1n) is 4.63. The number of benzene rings is 1. The molecule has 2 aromatic rings. The Labute approximate surface area is 101 Å². The number of rotatable bonds is 1. The van der Waals surface area contributed by atoms with Crippen molar-refractivity contribution in [3.8, 4) is 10.4 Å². The van der Waals surface area contributed by atoms with Crippen LogP contribution in [0.1, 0.15) is 13.8 Å². The van der Waals surface area contributed by atoms with E-state index in [-0.39, 0.29) is 5.82 Å². The standard InChI is InChI=1S/C9H5BrFNS.C2H6/c10-9-12-5-8(13-9)6-1-3-7(11)4-2-6;1-2/h1-5H;1-2H3. The van der Waals surface area contributed by atoms with E-state index < -0.39 is 0 Å². The fraction of sp³-hybridized carbons (Fsp3) is 0.182. The van der Waals surface area contributed by atoms with E-state index in [0.29, 0.717) is 0 Å². The van der Waals surface area contributed by atoms with Gasteiger partial charge in [0, 0.05) is 6.20 Å². The summed E-state index contributed by atoms with van der Waals surface area (Å²) in [5.74, 6) is -0.215. The van der Waals surface area contributed by atoms with Crippen molar-refractivity contribution in [3.63, 3.8) is 0 Å². The largest absolute Gasteiger partial charge is 0.237 e. The van der Waals surface area contributed by atoms with Crippen LogP contribution in [0.2, 0.25) is 0 Å². The topological polar surface area (TPSA) is 12.9 Å². The highest BCUT2D eigenvalue weighted by molar-refractivity contribution is 9.11. The molecule has 0 aliphatic carbocycles. The molecule has 0 bridgehead atoms. The first-order chi connectivity index (χ1) is 7.25. The van der Waals surface area contributed by atoms with Gasteiger partial charge in [0.15, 0.2) is 3.92 Å². The van der Waals surface area contributed by atoms with Gasteiger partial charge >= 0.3 is 0 Å². The molecule has 0 radical (unpaired) electrons. The Morgan fingerprint density at radius 3 is 2.27 bits per heavy atom. The summed E-state index contributed by atoms with van der Waals surface area (Å²) in [7, 11) is 0. The van der Waals surface area contributed by atoms with Crippen molar-refractivity contribution in [3.05, 3.63) is 40.2 Å². The average molecular weight is 288 g/mol. The van der Waals surface area contributed by atoms with Gasteiger partial charge in [0.2, 0.25) is 0 Å². The van der Waals surface area contributed by atoms with Crippen LogP contribution >= 0.6 is 27.3 Å². The van der Waals surface area contributed by atoms with Crippen LogP contribution in [0.4, 0.5) is 4.39 Å². The van der Waals surface area contributed by atoms with E-state index in [9.17, 15) is 4.39 Å². The van der Waals surface area contributed by atoms with E-state index in [2.05, 4.69) is 20.9 Å². The van der Waals surface area contributed by atoms with Crippen molar-refractivity contribution in [2.45, 2.75) is 13.8 Å². The van der Waals surface area contributed by atoms with Crippen molar-refractivity contribution < 1.29 is 4.39 Å². The number of nitrogens with zero attached hydrogens (tertiary/aromatic N) is 1. The van der Waals surface area contributed by atoms with Crippen LogP contribution < -0.4 is 0 Å². The van der Waals surface area contributed by atoms with Gasteiger partial charge in [-0.25, -0.2) is 9.37 Å². The zero-order chi connectivity index (χ0) is 11.3. The predicted molar refractivity (Wildman–Crippen MR) is 66.6 cm³/mol. The van der Waals surface area contributed by atoms with Crippen LogP contribution in [0.25, 0.3) is 10.4 Å². The fourth-order valence-corrected chi connectivity index (χ4v) is 2.27. The molecule has 0 atom stereocenters. The maximum Gasteiger partial charge on any atom is 0.159 e. The lowest BCUT2D eigenvalue weighted by atomic mass is 10.2. The molecule has 0 spiro atoms. The van der Waals surface area contributed by atoms with Crippen LogP contribution in [-0.2, 0) is 0 Å². The van der Waals surface area contributed by atoms with Gasteiger partial charge in [-0.15, -0.1) is 11.3 Å². The molecule has 0 aliphatic rings. The van der Waals surface area contributed by atoms with Crippen LogP contribution in [0, 0.1) is 5.82 Å². The van der Waals surface area contributed by atoms with Crippen molar-refractivity contribution >= 4 is 27.3 Å². The third-order valence-corrected chi connectivity index (χ3v) is 3.13. The molecule has 2 rings (SSSR count). The second-order valence-corrected chi connectivity index (χ2v) is 4.79. The average Bonchev–Trinajstić information content (AvgIpc) is 2.69. The Morgan fingerprint density at radius 2 is 1.80 bits per heavy atom. The number of halogens is 2. The molecule has 0 aliphatic heterocycles. The first-order valence-corrected chi connectivity index (χ1v) is 6.24. The zero-order valence-electron chi connectivity index (χ0n) is 8.50. The summed E-state index contributed by atoms with van der Waals surface area (Å²) in [5.41, 5.74) is 0.990. The quantitative estimate of drug-likeness (QED) is 0.738. The summed E-state index contributed by atoms with van der Waals surface area (Å²) in [6.07, 6.45) is 1.77. The van der Waals surface area contributed by atoms with Crippen molar-refractivity contribution in [1.82, 2.24) is 4.98 Å². The second-order valence-electron chi connectivity index (χ2n) is 2.48. The van der Waals surface area contributed by atoms with Gasteiger partial charge in [0.05, 0.1) is 4.88 Å². The van der Waals surface area contributed by atoms with Crippen LogP contribution in [0.3, 0.4) is 0 Å². The molecule has 1 heterocycles. The molecule has 0 saturated carbocycles. The molecule has 1 aromatic heterocycles. The highest BCUT2D eigenvalue weighted by Gasteiger charge is 2.01. The molecule has 0 unspecified atom stereocenters. The summed E-state index contributed by atoms with van der Waals surface area (Å²) in [6.45, 7) is 4.00. The highest BCUT2D eigenvalue weighted by atomic mass is 79.9. The molecule has 0 N–H and O–H groups in total. The van der Waals surface area contributed by atoms with Gasteiger partial charge in [0.25, 0.3) is 0 Å². The smallest absolute Gasteiger partial charge is 0.159 e. The number of hydrogen-bond donors (Lipinski definition) is 0. The third kappa shape index (κ3) is 3.39. The molecule has 15 heavy (non-hydrogen) atoms. The van der Waals surface area contributed by atoms with E-state index in [1.54, 1.807) is 18.3 Å². The van der Waals surface area contributed by atoms with E-state index in [1.165, 1.54) is 23.5 Å². The van der Waals surface area contributed by atoms with E-state index in [0.717, 1.165) is 14.4 Å². The van der Waals surface area contributed by atoms with Gasteiger partial charge in [-0.3, -0.25) is 0 Å². The number of thiazole rings is 1. The Kier molecular flexibility index (Phi) is 4.91. The van der Waals surface area contributed by atoms with Gasteiger partial charge < -0.3 is 0 Å². The summed E-state index contributed by atoms with van der Waals surface area (Å²) < 4.78 is 13.4. The fourth-order valence-electron chi connectivity index (χ4n) is 1.00. The molecule has 0 amide bonds. The molecule has 0 saturated heterocycles. The van der Waals surface area contributed by atoms with E-state index in [4.69, 9.17) is 0 Å². The predicted octanol–water partition coefficient (Wildman–Crippen LogP) is 4.74. The Bertz CT molecular complexity index is 411. The minimum absolute atomic E-state index is 0.215. The minimum Gasteiger partial charge on any atom is -0.237 e. The van der Waals surface area contributed by atoms with Crippen LogP contribution in [0.5, 0.6) is 0 Å². The van der Waals surface area contributed by atoms with Crippen molar-refractivity contribution in [1.29, 1.82) is 0 Å². The summed E-state index contributed by atoms with van der Waals surface area (Å²) in [5, 5.41) is 0. The lowest BCUT2D eigenvalue weighted by molar-refractivity contribution is 0.628. The minimum atomic E-state index is -0.215. The van der Waals surface area contributed by atoms with Gasteiger partial charge in [0.1, 0.15) is 5.82 Å². The zero-order valence-corrected chi connectivity index (χ0v) is 10.9. The van der Waals surface area contributed by atoms with Gasteiger partial charge in [-0.1, -0.05) is 26.0 Å². The molecular formula is C11H11BrFNS. The maximum absolute atomic E-state index is 12.6. The monoisotopic (exact) mass is 287 g/mol. The Hall–Kier alpha value is -0.740. The molecule has 4 heteroatoms. The van der Waals surface area contributed by atoms with E-state index >= 15 is 0 Å². The van der Waals surface area contributed by atoms with Crippen molar-refractivity contribution in [2.75, 3.05) is 0 Å². The highest BCUT2D eigenvalue weighted by Crippen LogP contribution is 2.28. The summed E-state index contributed by atoms with van der Waals surface area (Å²) in [6, 6.07) is 6.39.